The van der Waals surface area contributed by atoms with E-state index in [0.717, 1.165) is 5.56 Å². The number of amides is 2. The molecule has 2 amide bonds. The van der Waals surface area contributed by atoms with Crippen LogP contribution in [0.5, 0.6) is 0 Å². The summed E-state index contributed by atoms with van der Waals surface area (Å²) in [6, 6.07) is 20.4. The molecule has 0 aliphatic carbocycles. The summed E-state index contributed by atoms with van der Waals surface area (Å²) in [5.41, 5.74) is 2.12. The molecule has 10 heteroatoms. The Morgan fingerprint density at radius 2 is 1.59 bits per heavy atom. The summed E-state index contributed by atoms with van der Waals surface area (Å²) in [6.45, 7) is 5.50. The first-order valence-electron chi connectivity index (χ1n) is 13.8. The van der Waals surface area contributed by atoms with Gasteiger partial charge in [0.2, 0.25) is 21.8 Å². The molecule has 0 fully saturated rings. The first-order valence-corrected chi connectivity index (χ1v) is 15.3. The molecule has 0 heterocycles. The summed E-state index contributed by atoms with van der Waals surface area (Å²) in [7, 11) is -3.58. The van der Waals surface area contributed by atoms with Crippen LogP contribution in [-0.4, -0.2) is 51.4 Å². The fraction of sp³-hybridized carbons (Fsp3) is 0.355. The van der Waals surface area contributed by atoms with Gasteiger partial charge >= 0.3 is 0 Å². The van der Waals surface area contributed by atoms with Crippen molar-refractivity contribution in [1.82, 2.24) is 14.9 Å². The molecule has 3 aromatic carbocycles. The maximum Gasteiger partial charge on any atom is 0.247 e. The molecule has 0 aliphatic rings. The highest BCUT2D eigenvalue weighted by Crippen LogP contribution is 2.25. The molecule has 41 heavy (non-hydrogen) atoms. The topological polar surface area (TPSA) is 105 Å². The lowest BCUT2D eigenvalue weighted by Crippen LogP contribution is -2.43. The molecule has 2 N–H and O–H groups in total. The maximum absolute atomic E-state index is 13.8. The number of halogens is 1. The Morgan fingerprint density at radius 1 is 0.927 bits per heavy atom. The minimum atomic E-state index is -3.58. The van der Waals surface area contributed by atoms with Crippen molar-refractivity contribution in [2.24, 2.45) is 0 Å². The SMILES string of the molecule is CCNS(=O)(=O)c1ccc(CCC(=O)N(Cc2ccc(F)cc2)[C@@H](C(=O)NCCCOCC)c2ccccc2)cc1. The zero-order chi connectivity index (χ0) is 29.7. The normalized spacial score (nSPS) is 12.1. The Kier molecular flexibility index (Phi) is 12.5. The highest BCUT2D eigenvalue weighted by atomic mass is 32.2. The number of aryl methyl sites for hydroxylation is 1. The third-order valence-corrected chi connectivity index (χ3v) is 7.99. The van der Waals surface area contributed by atoms with Gasteiger partial charge in [-0.25, -0.2) is 17.5 Å². The van der Waals surface area contributed by atoms with Crippen LogP contribution in [0.15, 0.2) is 83.8 Å². The molecule has 0 spiro atoms. The standard InChI is InChI=1S/C31H38FN3O5S/c1-3-34-41(38,39)28-18-13-24(14-19-28)15-20-29(36)35(23-25-11-16-27(32)17-12-25)30(26-9-6-5-7-10-26)31(37)33-21-8-22-40-4-2/h5-7,9-14,16-19,30,34H,3-4,8,15,20-23H2,1-2H3,(H,33,37)/t30-/m1/s1. The van der Waals surface area contributed by atoms with E-state index in [4.69, 9.17) is 4.74 Å². The second-order valence-electron chi connectivity index (χ2n) is 9.45. The lowest BCUT2D eigenvalue weighted by atomic mass is 10.0. The van der Waals surface area contributed by atoms with E-state index in [9.17, 15) is 22.4 Å². The zero-order valence-corrected chi connectivity index (χ0v) is 24.3. The molecule has 0 unspecified atom stereocenters. The molecule has 0 saturated heterocycles. The number of hydrogen-bond donors (Lipinski definition) is 2. The molecular formula is C31H38FN3O5S. The van der Waals surface area contributed by atoms with Crippen molar-refractivity contribution in [1.29, 1.82) is 0 Å². The van der Waals surface area contributed by atoms with E-state index in [-0.39, 0.29) is 36.2 Å². The second-order valence-corrected chi connectivity index (χ2v) is 11.2. The van der Waals surface area contributed by atoms with Gasteiger partial charge in [0.1, 0.15) is 11.9 Å². The van der Waals surface area contributed by atoms with Gasteiger partial charge in [0.15, 0.2) is 0 Å². The third-order valence-electron chi connectivity index (χ3n) is 6.43. The first-order chi connectivity index (χ1) is 19.7. The van der Waals surface area contributed by atoms with E-state index in [1.54, 1.807) is 43.3 Å². The zero-order valence-electron chi connectivity index (χ0n) is 23.5. The van der Waals surface area contributed by atoms with E-state index in [0.29, 0.717) is 43.7 Å². The lowest BCUT2D eigenvalue weighted by molar-refractivity contribution is -0.141. The molecule has 1 atom stereocenters. The van der Waals surface area contributed by atoms with Crippen LogP contribution in [0.2, 0.25) is 0 Å². The number of carbonyl (C=O) groups excluding carboxylic acids is 2. The number of nitrogens with one attached hydrogen (secondary N) is 2. The largest absolute Gasteiger partial charge is 0.382 e. The van der Waals surface area contributed by atoms with Crippen LogP contribution in [0.3, 0.4) is 0 Å². The van der Waals surface area contributed by atoms with E-state index in [1.165, 1.54) is 29.2 Å². The van der Waals surface area contributed by atoms with E-state index in [2.05, 4.69) is 10.0 Å². The maximum atomic E-state index is 13.8. The van der Waals surface area contributed by atoms with Crippen molar-refractivity contribution in [2.75, 3.05) is 26.3 Å². The molecule has 0 aromatic heterocycles. The van der Waals surface area contributed by atoms with Crippen molar-refractivity contribution in [3.05, 3.63) is 101 Å². The average molecular weight is 584 g/mol. The van der Waals surface area contributed by atoms with Gasteiger partial charge in [-0.15, -0.1) is 0 Å². The second kappa shape index (κ2) is 16.0. The Morgan fingerprint density at radius 3 is 2.22 bits per heavy atom. The van der Waals surface area contributed by atoms with E-state index >= 15 is 0 Å². The van der Waals surface area contributed by atoms with Crippen molar-refractivity contribution in [2.45, 2.75) is 50.6 Å². The number of benzene rings is 3. The van der Waals surface area contributed by atoms with Crippen LogP contribution in [0.1, 0.15) is 49.4 Å². The Labute approximate surface area is 242 Å². The van der Waals surface area contributed by atoms with Crippen LogP contribution < -0.4 is 10.0 Å². The van der Waals surface area contributed by atoms with Gasteiger partial charge in [0, 0.05) is 39.3 Å². The number of ether oxygens (including phenoxy) is 1. The van der Waals surface area contributed by atoms with Gasteiger partial charge in [-0.1, -0.05) is 61.5 Å². The molecule has 8 nitrogen and oxygen atoms in total. The van der Waals surface area contributed by atoms with Crippen LogP contribution >= 0.6 is 0 Å². The summed E-state index contributed by atoms with van der Waals surface area (Å²) in [4.78, 5) is 29.0. The number of nitrogens with zero attached hydrogens (tertiary/aromatic N) is 1. The summed E-state index contributed by atoms with van der Waals surface area (Å²) in [5, 5.41) is 2.94. The number of hydrogen-bond acceptors (Lipinski definition) is 5. The van der Waals surface area contributed by atoms with Gasteiger partial charge < -0.3 is 15.0 Å². The molecule has 3 rings (SSSR count). The monoisotopic (exact) mass is 583 g/mol. The number of carbonyl (C=O) groups is 2. The summed E-state index contributed by atoms with van der Waals surface area (Å²) in [6.07, 6.45) is 1.06. The molecule has 0 radical (unpaired) electrons. The Hall–Kier alpha value is -3.60. The molecular weight excluding hydrogens is 545 g/mol. The van der Waals surface area contributed by atoms with Crippen LogP contribution in [0.25, 0.3) is 0 Å². The van der Waals surface area contributed by atoms with Gasteiger partial charge in [-0.05, 0) is 60.7 Å². The van der Waals surface area contributed by atoms with Crippen molar-refractivity contribution in [3.8, 4) is 0 Å². The average Bonchev–Trinajstić information content (AvgIpc) is 2.97. The van der Waals surface area contributed by atoms with E-state index in [1.807, 2.05) is 25.1 Å². The summed E-state index contributed by atoms with van der Waals surface area (Å²) in [5.74, 6) is -0.976. The minimum absolute atomic E-state index is 0.0848. The predicted molar refractivity (Wildman–Crippen MR) is 156 cm³/mol. The number of sulfonamides is 1. The van der Waals surface area contributed by atoms with E-state index < -0.39 is 21.9 Å². The van der Waals surface area contributed by atoms with Gasteiger partial charge in [0.25, 0.3) is 0 Å². The Bertz CT molecular complexity index is 1350. The first kappa shape index (κ1) is 31.9. The fourth-order valence-corrected chi connectivity index (χ4v) is 5.39. The smallest absolute Gasteiger partial charge is 0.247 e. The lowest BCUT2D eigenvalue weighted by Gasteiger charge is -2.32. The van der Waals surface area contributed by atoms with Gasteiger partial charge in [0.05, 0.1) is 4.90 Å². The highest BCUT2D eigenvalue weighted by Gasteiger charge is 2.31. The summed E-state index contributed by atoms with van der Waals surface area (Å²) >= 11 is 0. The molecule has 0 bridgehead atoms. The number of rotatable bonds is 16. The van der Waals surface area contributed by atoms with Gasteiger partial charge in [-0.3, -0.25) is 9.59 Å². The highest BCUT2D eigenvalue weighted by molar-refractivity contribution is 7.89. The fourth-order valence-electron chi connectivity index (χ4n) is 4.35. The van der Waals surface area contributed by atoms with Crippen LogP contribution in [-0.2, 0) is 37.3 Å². The minimum Gasteiger partial charge on any atom is -0.382 e. The van der Waals surface area contributed by atoms with Crippen LogP contribution in [0, 0.1) is 5.82 Å². The molecule has 0 saturated carbocycles. The Balaban J connectivity index is 1.84. The third kappa shape index (κ3) is 9.77. The van der Waals surface area contributed by atoms with Crippen molar-refractivity contribution < 1.29 is 27.1 Å². The predicted octanol–water partition coefficient (Wildman–Crippen LogP) is 4.37. The molecule has 0 aliphatic heterocycles. The van der Waals surface area contributed by atoms with Crippen molar-refractivity contribution >= 4 is 21.8 Å². The van der Waals surface area contributed by atoms with Crippen molar-refractivity contribution in [3.63, 3.8) is 0 Å². The molecule has 220 valence electrons. The quantitative estimate of drug-likeness (QED) is 0.244. The summed E-state index contributed by atoms with van der Waals surface area (Å²) < 4.78 is 45.9. The van der Waals surface area contributed by atoms with Gasteiger partial charge in [-0.2, -0.15) is 0 Å². The van der Waals surface area contributed by atoms with Crippen LogP contribution in [0.4, 0.5) is 4.39 Å². The molecule has 3 aromatic rings.